The second-order valence-electron chi connectivity index (χ2n) is 5.49. The SMILES string of the molecule is Cc1c(-c2n[nH]c(=S)n2C)[n+]([O-])cn1C1CCCCC1. The molecule has 0 saturated heterocycles. The van der Waals surface area contributed by atoms with Gasteiger partial charge in [0.05, 0.1) is 0 Å². The highest BCUT2D eigenvalue weighted by molar-refractivity contribution is 7.71. The average Bonchev–Trinajstić information content (AvgIpc) is 2.92. The monoisotopic (exact) mass is 293 g/mol. The fourth-order valence-corrected chi connectivity index (χ4v) is 3.22. The van der Waals surface area contributed by atoms with Gasteiger partial charge >= 0.3 is 0 Å². The van der Waals surface area contributed by atoms with E-state index in [2.05, 4.69) is 14.8 Å². The minimum absolute atomic E-state index is 0.435. The summed E-state index contributed by atoms with van der Waals surface area (Å²) in [6.45, 7) is 1.98. The molecule has 1 N–H and O–H groups in total. The van der Waals surface area contributed by atoms with E-state index in [-0.39, 0.29) is 0 Å². The molecule has 2 aromatic rings. The molecule has 0 aromatic carbocycles. The maximum absolute atomic E-state index is 12.3. The third-order valence-corrected chi connectivity index (χ3v) is 4.60. The molecule has 0 bridgehead atoms. The molecule has 108 valence electrons. The number of aromatic amines is 1. The molecule has 7 heteroatoms. The molecule has 1 fully saturated rings. The largest absolute Gasteiger partial charge is 0.710 e. The molecule has 0 radical (unpaired) electrons. The van der Waals surface area contributed by atoms with E-state index in [4.69, 9.17) is 12.2 Å². The van der Waals surface area contributed by atoms with Gasteiger partial charge in [0, 0.05) is 14.0 Å². The number of hydrogen-bond acceptors (Lipinski definition) is 3. The normalized spacial score (nSPS) is 16.7. The highest BCUT2D eigenvalue weighted by Gasteiger charge is 2.27. The van der Waals surface area contributed by atoms with Crippen molar-refractivity contribution in [2.45, 2.75) is 45.1 Å². The molecule has 0 spiro atoms. The van der Waals surface area contributed by atoms with Crippen molar-refractivity contribution in [1.29, 1.82) is 0 Å². The molecule has 0 aliphatic heterocycles. The summed E-state index contributed by atoms with van der Waals surface area (Å²) in [5.74, 6) is 0.594. The molecule has 0 unspecified atom stereocenters. The minimum Gasteiger partial charge on any atom is -0.710 e. The molecule has 0 atom stereocenters. The van der Waals surface area contributed by atoms with Gasteiger partial charge in [-0.2, -0.15) is 5.10 Å². The van der Waals surface area contributed by atoms with Crippen LogP contribution in [-0.4, -0.2) is 19.3 Å². The summed E-state index contributed by atoms with van der Waals surface area (Å²) in [6, 6.07) is 0.435. The summed E-state index contributed by atoms with van der Waals surface area (Å²) in [7, 11) is 1.82. The van der Waals surface area contributed by atoms with Crippen molar-refractivity contribution in [3.8, 4) is 11.5 Å². The Morgan fingerprint density at radius 1 is 1.40 bits per heavy atom. The predicted molar refractivity (Wildman–Crippen MR) is 77.6 cm³/mol. The van der Waals surface area contributed by atoms with Crippen LogP contribution < -0.4 is 4.73 Å². The van der Waals surface area contributed by atoms with E-state index >= 15 is 0 Å². The van der Waals surface area contributed by atoms with Crippen LogP contribution in [0.2, 0.25) is 0 Å². The topological polar surface area (TPSA) is 65.5 Å². The van der Waals surface area contributed by atoms with Crippen LogP contribution in [0.4, 0.5) is 0 Å². The fourth-order valence-electron chi connectivity index (χ4n) is 3.09. The number of rotatable bonds is 2. The predicted octanol–water partition coefficient (Wildman–Crippen LogP) is 2.39. The smallest absolute Gasteiger partial charge is 0.247 e. The molecule has 1 saturated carbocycles. The number of hydrogen-bond donors (Lipinski definition) is 1. The molecule has 20 heavy (non-hydrogen) atoms. The summed E-state index contributed by atoms with van der Waals surface area (Å²) in [4.78, 5) is 0. The van der Waals surface area contributed by atoms with E-state index in [1.54, 1.807) is 10.9 Å². The molecule has 1 aliphatic carbocycles. The number of nitrogens with zero attached hydrogens (tertiary/aromatic N) is 4. The Kier molecular flexibility index (Phi) is 3.37. The molecule has 1 aliphatic rings. The molecule has 3 rings (SSSR count). The Bertz CT molecular complexity index is 677. The van der Waals surface area contributed by atoms with Crippen molar-refractivity contribution < 1.29 is 4.73 Å². The van der Waals surface area contributed by atoms with E-state index in [1.807, 2.05) is 14.0 Å². The van der Waals surface area contributed by atoms with E-state index in [1.165, 1.54) is 19.3 Å². The van der Waals surface area contributed by atoms with E-state index in [0.717, 1.165) is 23.3 Å². The fraction of sp³-hybridized carbons (Fsp3) is 0.615. The van der Waals surface area contributed by atoms with E-state index in [9.17, 15) is 5.21 Å². The van der Waals surface area contributed by atoms with Crippen molar-refractivity contribution in [1.82, 2.24) is 19.3 Å². The first-order valence-electron chi connectivity index (χ1n) is 7.02. The first kappa shape index (κ1) is 13.4. The van der Waals surface area contributed by atoms with Crippen LogP contribution >= 0.6 is 12.2 Å². The standard InChI is InChI=1S/C13H19N5OS/c1-9-11(12-14-15-13(20)16(12)2)18(19)8-17(9)10-6-4-3-5-7-10/h8,10H,3-7H2,1-2H3,(H,15,20). The van der Waals surface area contributed by atoms with Gasteiger partial charge in [0.25, 0.3) is 0 Å². The summed E-state index contributed by atoms with van der Waals surface area (Å²) in [6.07, 6.45) is 7.72. The van der Waals surface area contributed by atoms with Gasteiger partial charge < -0.3 is 9.77 Å². The minimum atomic E-state index is 0.435. The number of nitrogens with one attached hydrogen (secondary N) is 1. The quantitative estimate of drug-likeness (QED) is 0.525. The number of aromatic nitrogens is 5. The lowest BCUT2D eigenvalue weighted by Crippen LogP contribution is -2.27. The molecular formula is C13H19N5OS. The average molecular weight is 293 g/mol. The van der Waals surface area contributed by atoms with Crippen LogP contribution in [-0.2, 0) is 7.05 Å². The van der Waals surface area contributed by atoms with Crippen molar-refractivity contribution >= 4 is 12.2 Å². The maximum atomic E-state index is 12.3. The zero-order valence-electron chi connectivity index (χ0n) is 11.8. The highest BCUT2D eigenvalue weighted by atomic mass is 32.1. The highest BCUT2D eigenvalue weighted by Crippen LogP contribution is 2.30. The van der Waals surface area contributed by atoms with Crippen LogP contribution in [0, 0.1) is 16.9 Å². The lowest BCUT2D eigenvalue weighted by Gasteiger charge is -2.19. The first-order valence-corrected chi connectivity index (χ1v) is 7.42. The third kappa shape index (κ3) is 2.06. The second kappa shape index (κ2) is 5.05. The number of H-pyrrole nitrogens is 1. The third-order valence-electron chi connectivity index (χ3n) is 4.24. The van der Waals surface area contributed by atoms with Crippen LogP contribution in [0.1, 0.15) is 43.8 Å². The van der Waals surface area contributed by atoms with Crippen molar-refractivity contribution in [3.05, 3.63) is 22.0 Å². The molecular weight excluding hydrogens is 274 g/mol. The Labute approximate surface area is 122 Å². The molecule has 2 aromatic heterocycles. The van der Waals surface area contributed by atoms with Gasteiger partial charge in [0.15, 0.2) is 10.5 Å². The number of imidazole rings is 1. The van der Waals surface area contributed by atoms with Gasteiger partial charge in [-0.25, -0.2) is 9.30 Å². The second-order valence-corrected chi connectivity index (χ2v) is 5.87. The summed E-state index contributed by atoms with van der Waals surface area (Å²) in [5.41, 5.74) is 1.55. The summed E-state index contributed by atoms with van der Waals surface area (Å²) < 4.78 is 5.27. The van der Waals surface area contributed by atoms with Gasteiger partial charge in [-0.05, 0) is 37.9 Å². The van der Waals surface area contributed by atoms with Crippen molar-refractivity contribution in [2.75, 3.05) is 0 Å². The van der Waals surface area contributed by atoms with Gasteiger partial charge in [0.1, 0.15) is 6.04 Å². The lowest BCUT2D eigenvalue weighted by molar-refractivity contribution is -0.594. The van der Waals surface area contributed by atoms with E-state index < -0.39 is 0 Å². The molecule has 6 nitrogen and oxygen atoms in total. The van der Waals surface area contributed by atoms with Gasteiger partial charge in [0.2, 0.25) is 17.8 Å². The Morgan fingerprint density at radius 2 is 2.10 bits per heavy atom. The summed E-state index contributed by atoms with van der Waals surface area (Å²) >= 11 is 5.12. The first-order chi connectivity index (χ1) is 9.59. The molecule has 2 heterocycles. The van der Waals surface area contributed by atoms with E-state index in [0.29, 0.717) is 22.3 Å². The van der Waals surface area contributed by atoms with Crippen molar-refractivity contribution in [3.63, 3.8) is 0 Å². The summed E-state index contributed by atoms with van der Waals surface area (Å²) in [5, 5.41) is 19.2. The zero-order valence-corrected chi connectivity index (χ0v) is 12.6. The van der Waals surface area contributed by atoms with Crippen LogP contribution in [0.3, 0.4) is 0 Å². The lowest BCUT2D eigenvalue weighted by atomic mass is 9.95. The Morgan fingerprint density at radius 3 is 2.70 bits per heavy atom. The van der Waals surface area contributed by atoms with Crippen LogP contribution in [0.15, 0.2) is 6.33 Å². The van der Waals surface area contributed by atoms with Gasteiger partial charge in [-0.15, -0.1) is 0 Å². The van der Waals surface area contributed by atoms with Crippen LogP contribution in [0.25, 0.3) is 11.5 Å². The Balaban J connectivity index is 2.06. The zero-order chi connectivity index (χ0) is 14.3. The van der Waals surface area contributed by atoms with Gasteiger partial charge in [-0.1, -0.05) is 6.42 Å². The van der Waals surface area contributed by atoms with Gasteiger partial charge in [-0.3, -0.25) is 5.10 Å². The van der Waals surface area contributed by atoms with Crippen LogP contribution in [0.5, 0.6) is 0 Å². The molecule has 0 amide bonds. The van der Waals surface area contributed by atoms with Crippen molar-refractivity contribution in [2.24, 2.45) is 7.05 Å². The maximum Gasteiger partial charge on any atom is 0.247 e. The Hall–Kier alpha value is -1.63.